The third-order valence-electron chi connectivity index (χ3n) is 5.39. The predicted molar refractivity (Wildman–Crippen MR) is 115 cm³/mol. The summed E-state index contributed by atoms with van der Waals surface area (Å²) in [4.78, 5) is 4.42. The Kier molecular flexibility index (Phi) is 7.96. The van der Waals surface area contributed by atoms with Crippen LogP contribution < -0.4 is 15.4 Å². The number of ether oxygens (including phenoxy) is 1. The van der Waals surface area contributed by atoms with Crippen molar-refractivity contribution in [2.24, 2.45) is 11.1 Å². The van der Waals surface area contributed by atoms with Crippen molar-refractivity contribution in [2.45, 2.75) is 65.8 Å². The third-order valence-corrected chi connectivity index (χ3v) is 5.39. The summed E-state index contributed by atoms with van der Waals surface area (Å²) in [5, 5.41) is 9.01. The molecule has 1 unspecified atom stereocenters. The molecule has 1 atom stereocenters. The minimum absolute atomic E-state index is 0.0683. The Bertz CT molecular complexity index is 584. The first-order chi connectivity index (χ1) is 12.9. The first kappa shape index (κ1) is 21.5. The van der Waals surface area contributed by atoms with E-state index in [0.717, 1.165) is 50.4 Å². The average molecular weight is 375 g/mol. The molecule has 0 aromatic heterocycles. The molecule has 1 aliphatic rings. The number of nitrogens with zero attached hydrogens (tertiary/aromatic N) is 2. The zero-order valence-corrected chi connectivity index (χ0v) is 17.6. The lowest BCUT2D eigenvalue weighted by molar-refractivity contribution is 0.228. The van der Waals surface area contributed by atoms with Crippen LogP contribution >= 0.6 is 0 Å². The average Bonchev–Trinajstić information content (AvgIpc) is 2.70. The number of rotatable bonds is 8. The SMILES string of the molecule is CCCOc1ccc(N(CC(C)(C)CN)C(=N)N2CCCCC2CC)cc1. The van der Waals surface area contributed by atoms with Crippen molar-refractivity contribution in [1.29, 1.82) is 5.41 Å². The van der Waals surface area contributed by atoms with E-state index in [1.54, 1.807) is 0 Å². The van der Waals surface area contributed by atoms with Crippen molar-refractivity contribution in [1.82, 2.24) is 4.90 Å². The van der Waals surface area contributed by atoms with Gasteiger partial charge in [-0.15, -0.1) is 0 Å². The van der Waals surface area contributed by atoms with Crippen molar-refractivity contribution in [3.8, 4) is 5.75 Å². The number of hydrogen-bond acceptors (Lipinski definition) is 3. The second-order valence-corrected chi connectivity index (χ2v) is 8.37. The molecule has 0 amide bonds. The second kappa shape index (κ2) is 9.98. The van der Waals surface area contributed by atoms with E-state index < -0.39 is 0 Å². The maximum Gasteiger partial charge on any atom is 0.198 e. The number of nitrogens with one attached hydrogen (secondary N) is 1. The topological polar surface area (TPSA) is 65.6 Å². The van der Waals surface area contributed by atoms with E-state index in [-0.39, 0.29) is 5.41 Å². The minimum Gasteiger partial charge on any atom is -0.494 e. The summed E-state index contributed by atoms with van der Waals surface area (Å²) < 4.78 is 5.72. The summed E-state index contributed by atoms with van der Waals surface area (Å²) in [5.41, 5.74) is 6.98. The van der Waals surface area contributed by atoms with Crippen LogP contribution in [0.1, 0.15) is 59.8 Å². The van der Waals surface area contributed by atoms with Gasteiger partial charge >= 0.3 is 0 Å². The molecule has 1 aromatic carbocycles. The molecule has 0 radical (unpaired) electrons. The first-order valence-corrected chi connectivity index (χ1v) is 10.5. The molecule has 0 bridgehead atoms. The third kappa shape index (κ3) is 5.86. The monoisotopic (exact) mass is 374 g/mol. The van der Waals surface area contributed by atoms with E-state index in [1.807, 2.05) is 12.1 Å². The number of nitrogens with two attached hydrogens (primary N) is 1. The standard InChI is InChI=1S/C22H38N4O/c1-5-15-27-20-12-10-19(11-13-20)26(17-22(3,4)16-23)21(24)25-14-8-7-9-18(25)6-2/h10-13,18,24H,5-9,14-17,23H2,1-4H3. The van der Waals surface area contributed by atoms with Crippen molar-refractivity contribution in [3.63, 3.8) is 0 Å². The fourth-order valence-electron chi connectivity index (χ4n) is 3.58. The molecule has 3 N–H and O–H groups in total. The van der Waals surface area contributed by atoms with E-state index in [2.05, 4.69) is 49.6 Å². The Balaban J connectivity index is 2.26. The molecule has 0 spiro atoms. The zero-order chi connectivity index (χ0) is 19.9. The van der Waals surface area contributed by atoms with Crippen LogP contribution in [0, 0.1) is 10.8 Å². The number of likely N-dealkylation sites (tertiary alicyclic amines) is 1. The van der Waals surface area contributed by atoms with Gasteiger partial charge in [0.05, 0.1) is 6.61 Å². The van der Waals surface area contributed by atoms with Crippen molar-refractivity contribution < 1.29 is 4.74 Å². The van der Waals surface area contributed by atoms with Gasteiger partial charge in [0.2, 0.25) is 0 Å². The van der Waals surface area contributed by atoms with Gasteiger partial charge in [0, 0.05) is 24.8 Å². The quantitative estimate of drug-likeness (QED) is 0.520. The van der Waals surface area contributed by atoms with Gasteiger partial charge in [0.1, 0.15) is 5.75 Å². The summed E-state index contributed by atoms with van der Waals surface area (Å²) in [6.07, 6.45) is 5.69. The molecule has 1 fully saturated rings. The van der Waals surface area contributed by atoms with Crippen LogP contribution in [0.3, 0.4) is 0 Å². The molecule has 2 rings (SSSR count). The highest BCUT2D eigenvalue weighted by Gasteiger charge is 2.30. The van der Waals surface area contributed by atoms with E-state index in [1.165, 1.54) is 12.8 Å². The van der Waals surface area contributed by atoms with Crippen LogP contribution in [0.2, 0.25) is 0 Å². The molecule has 5 heteroatoms. The number of anilines is 1. The Morgan fingerprint density at radius 1 is 1.26 bits per heavy atom. The van der Waals surface area contributed by atoms with E-state index in [4.69, 9.17) is 15.9 Å². The maximum absolute atomic E-state index is 9.01. The van der Waals surface area contributed by atoms with E-state index >= 15 is 0 Å². The molecule has 1 aliphatic heterocycles. The van der Waals surface area contributed by atoms with Crippen LogP contribution in [-0.4, -0.2) is 43.1 Å². The van der Waals surface area contributed by atoms with Gasteiger partial charge in [0.15, 0.2) is 5.96 Å². The van der Waals surface area contributed by atoms with Crippen LogP contribution in [-0.2, 0) is 0 Å². The normalized spacial score (nSPS) is 17.7. The van der Waals surface area contributed by atoms with Crippen molar-refractivity contribution in [3.05, 3.63) is 24.3 Å². The van der Waals surface area contributed by atoms with Crippen LogP contribution in [0.15, 0.2) is 24.3 Å². The Hall–Kier alpha value is -1.75. The number of benzene rings is 1. The smallest absolute Gasteiger partial charge is 0.198 e. The molecule has 5 nitrogen and oxygen atoms in total. The molecule has 1 heterocycles. The zero-order valence-electron chi connectivity index (χ0n) is 17.6. The molecular weight excluding hydrogens is 336 g/mol. The Labute approximate surface area is 165 Å². The van der Waals surface area contributed by atoms with Gasteiger partial charge in [-0.2, -0.15) is 0 Å². The van der Waals surface area contributed by atoms with Gasteiger partial charge in [0.25, 0.3) is 0 Å². The lowest BCUT2D eigenvalue weighted by atomic mass is 9.92. The van der Waals surface area contributed by atoms with Crippen LogP contribution in [0.4, 0.5) is 5.69 Å². The maximum atomic E-state index is 9.01. The van der Waals surface area contributed by atoms with Gasteiger partial charge in [-0.3, -0.25) is 5.41 Å². The molecule has 0 saturated carbocycles. The minimum atomic E-state index is -0.0683. The van der Waals surface area contributed by atoms with Gasteiger partial charge in [-0.1, -0.05) is 27.7 Å². The second-order valence-electron chi connectivity index (χ2n) is 8.37. The summed E-state index contributed by atoms with van der Waals surface area (Å²) in [6, 6.07) is 8.61. The van der Waals surface area contributed by atoms with E-state index in [9.17, 15) is 0 Å². The Morgan fingerprint density at radius 2 is 1.96 bits per heavy atom. The summed E-state index contributed by atoms with van der Waals surface area (Å²) in [5.74, 6) is 1.49. The number of hydrogen-bond donors (Lipinski definition) is 2. The lowest BCUT2D eigenvalue weighted by Crippen LogP contribution is -2.53. The molecule has 152 valence electrons. The molecule has 1 saturated heterocycles. The fourth-order valence-corrected chi connectivity index (χ4v) is 3.58. The van der Waals surface area contributed by atoms with Crippen LogP contribution in [0.25, 0.3) is 0 Å². The largest absolute Gasteiger partial charge is 0.494 e. The molecule has 0 aliphatic carbocycles. The highest BCUT2D eigenvalue weighted by molar-refractivity contribution is 5.94. The molecule has 1 aromatic rings. The van der Waals surface area contributed by atoms with Gasteiger partial charge in [-0.05, 0) is 68.3 Å². The van der Waals surface area contributed by atoms with Crippen molar-refractivity contribution in [2.75, 3.05) is 31.1 Å². The summed E-state index contributed by atoms with van der Waals surface area (Å²) in [6.45, 7) is 11.7. The van der Waals surface area contributed by atoms with Gasteiger partial charge in [-0.25, -0.2) is 0 Å². The van der Waals surface area contributed by atoms with E-state index in [0.29, 0.717) is 18.5 Å². The van der Waals surface area contributed by atoms with Gasteiger partial charge < -0.3 is 20.3 Å². The fraction of sp³-hybridized carbons (Fsp3) is 0.682. The first-order valence-electron chi connectivity index (χ1n) is 10.5. The Morgan fingerprint density at radius 3 is 2.56 bits per heavy atom. The number of piperidine rings is 1. The highest BCUT2D eigenvalue weighted by Crippen LogP contribution is 2.28. The molecular formula is C22H38N4O. The lowest BCUT2D eigenvalue weighted by Gasteiger charge is -2.43. The molecule has 27 heavy (non-hydrogen) atoms. The van der Waals surface area contributed by atoms with Crippen LogP contribution in [0.5, 0.6) is 5.75 Å². The summed E-state index contributed by atoms with van der Waals surface area (Å²) in [7, 11) is 0. The van der Waals surface area contributed by atoms with Crippen molar-refractivity contribution >= 4 is 11.6 Å². The highest BCUT2D eigenvalue weighted by atomic mass is 16.5. The summed E-state index contributed by atoms with van der Waals surface area (Å²) >= 11 is 0. The predicted octanol–water partition coefficient (Wildman–Crippen LogP) is 4.47. The number of guanidine groups is 1.